The van der Waals surface area contributed by atoms with Gasteiger partial charge in [0.25, 0.3) is 0 Å². The summed E-state index contributed by atoms with van der Waals surface area (Å²) in [6.45, 7) is 2.37. The van der Waals surface area contributed by atoms with Crippen molar-refractivity contribution in [2.75, 3.05) is 0 Å². The van der Waals surface area contributed by atoms with E-state index in [-0.39, 0.29) is 12.3 Å². The molecule has 2 N–H and O–H groups in total. The van der Waals surface area contributed by atoms with Gasteiger partial charge >= 0.3 is 0 Å². The zero-order chi connectivity index (χ0) is 16.1. The maximum Gasteiger partial charge on any atom is 0.223 e. The van der Waals surface area contributed by atoms with E-state index in [1.165, 1.54) is 18.2 Å². The highest BCUT2D eigenvalue weighted by Crippen LogP contribution is 2.17. The number of carbonyl (C=O) groups is 1. The predicted molar refractivity (Wildman–Crippen MR) is 80.4 cm³/mol. The van der Waals surface area contributed by atoms with Crippen molar-refractivity contribution in [3.05, 3.63) is 53.1 Å². The molecule has 1 aromatic heterocycles. The fourth-order valence-corrected chi connectivity index (χ4v) is 2.30. The number of amides is 1. The zero-order valence-corrected chi connectivity index (χ0v) is 12.7. The van der Waals surface area contributed by atoms with Crippen molar-refractivity contribution < 1.29 is 14.3 Å². The third-order valence-corrected chi connectivity index (χ3v) is 3.41. The van der Waals surface area contributed by atoms with E-state index in [1.807, 2.05) is 20.2 Å². The van der Waals surface area contributed by atoms with Crippen LogP contribution >= 0.6 is 0 Å². The van der Waals surface area contributed by atoms with Crippen molar-refractivity contribution in [2.24, 2.45) is 7.05 Å². The summed E-state index contributed by atoms with van der Waals surface area (Å²) in [5, 5.41) is 17.0. The molecular formula is C16H20FN3O2. The van der Waals surface area contributed by atoms with Crippen LogP contribution in [0.1, 0.15) is 36.3 Å². The molecule has 1 unspecified atom stereocenters. The lowest BCUT2D eigenvalue weighted by Crippen LogP contribution is -2.24. The number of hydrogen-bond donors (Lipinski definition) is 2. The molecule has 1 amide bonds. The molecular weight excluding hydrogens is 285 g/mol. The first-order chi connectivity index (χ1) is 10.5. The Labute approximate surface area is 128 Å². The molecule has 1 heterocycles. The summed E-state index contributed by atoms with van der Waals surface area (Å²) < 4.78 is 14.8. The lowest BCUT2D eigenvalue weighted by Gasteiger charge is -2.11. The topological polar surface area (TPSA) is 67.2 Å². The smallest absolute Gasteiger partial charge is 0.223 e. The van der Waals surface area contributed by atoms with Crippen LogP contribution in [0.15, 0.2) is 30.5 Å². The second-order valence-corrected chi connectivity index (χ2v) is 5.18. The van der Waals surface area contributed by atoms with Crippen molar-refractivity contribution >= 4 is 5.91 Å². The molecule has 0 fully saturated rings. The Morgan fingerprint density at radius 1 is 1.50 bits per heavy atom. The Kier molecular flexibility index (Phi) is 5.27. The van der Waals surface area contributed by atoms with E-state index in [9.17, 15) is 14.3 Å². The summed E-state index contributed by atoms with van der Waals surface area (Å²) in [5.41, 5.74) is 2.29. The predicted octanol–water partition coefficient (Wildman–Crippen LogP) is 1.86. The van der Waals surface area contributed by atoms with E-state index in [1.54, 1.807) is 10.7 Å². The second-order valence-electron chi connectivity index (χ2n) is 5.18. The summed E-state index contributed by atoms with van der Waals surface area (Å²) in [7, 11) is 1.83. The number of aliphatic hydroxyl groups is 1. The molecule has 22 heavy (non-hydrogen) atoms. The van der Waals surface area contributed by atoms with Gasteiger partial charge in [-0.2, -0.15) is 5.10 Å². The van der Waals surface area contributed by atoms with E-state index in [2.05, 4.69) is 10.4 Å². The first-order valence-electron chi connectivity index (χ1n) is 7.21. The Hall–Kier alpha value is -2.21. The van der Waals surface area contributed by atoms with Gasteiger partial charge in [0.15, 0.2) is 0 Å². The highest BCUT2D eigenvalue weighted by Gasteiger charge is 2.14. The van der Waals surface area contributed by atoms with Gasteiger partial charge in [-0.3, -0.25) is 9.48 Å². The lowest BCUT2D eigenvalue weighted by atomic mass is 10.1. The Morgan fingerprint density at radius 2 is 2.27 bits per heavy atom. The average molecular weight is 305 g/mol. The zero-order valence-electron chi connectivity index (χ0n) is 12.7. The van der Waals surface area contributed by atoms with Gasteiger partial charge in [0.05, 0.1) is 18.2 Å². The number of halogens is 1. The van der Waals surface area contributed by atoms with E-state index in [4.69, 9.17) is 0 Å². The minimum atomic E-state index is -1.02. The van der Waals surface area contributed by atoms with Crippen molar-refractivity contribution in [3.63, 3.8) is 0 Å². The van der Waals surface area contributed by atoms with Crippen molar-refractivity contribution in [3.8, 4) is 0 Å². The van der Waals surface area contributed by atoms with Crippen molar-refractivity contribution in [1.82, 2.24) is 15.1 Å². The molecule has 0 aliphatic heterocycles. The van der Waals surface area contributed by atoms with Gasteiger partial charge in [0.2, 0.25) is 5.91 Å². The van der Waals surface area contributed by atoms with E-state index in [0.29, 0.717) is 12.1 Å². The van der Waals surface area contributed by atoms with E-state index in [0.717, 1.165) is 17.7 Å². The average Bonchev–Trinajstić information content (AvgIpc) is 2.85. The van der Waals surface area contributed by atoms with Crippen LogP contribution in [-0.4, -0.2) is 20.8 Å². The molecule has 0 radical (unpaired) electrons. The van der Waals surface area contributed by atoms with Crippen LogP contribution < -0.4 is 5.32 Å². The number of aryl methyl sites for hydroxylation is 2. The van der Waals surface area contributed by atoms with Crippen LogP contribution in [0, 0.1) is 5.82 Å². The number of benzene rings is 1. The summed E-state index contributed by atoms with van der Waals surface area (Å²) in [6, 6.07) is 5.63. The van der Waals surface area contributed by atoms with E-state index < -0.39 is 11.9 Å². The summed E-state index contributed by atoms with van der Waals surface area (Å²) in [5.74, 6) is -0.720. The maximum absolute atomic E-state index is 13.1. The maximum atomic E-state index is 13.1. The van der Waals surface area contributed by atoms with Gasteiger partial charge in [-0.1, -0.05) is 19.1 Å². The number of nitrogens with one attached hydrogen (secondary N) is 1. The number of carbonyl (C=O) groups excluding carboxylic acids is 1. The molecule has 6 heteroatoms. The highest BCUT2D eigenvalue weighted by atomic mass is 19.1. The fourth-order valence-electron chi connectivity index (χ4n) is 2.30. The van der Waals surface area contributed by atoms with Crippen LogP contribution in [0.3, 0.4) is 0 Å². The minimum Gasteiger partial charge on any atom is -0.388 e. The first kappa shape index (κ1) is 16.2. The van der Waals surface area contributed by atoms with Crippen LogP contribution in [0.25, 0.3) is 0 Å². The number of nitrogens with zero attached hydrogens (tertiary/aromatic N) is 2. The van der Waals surface area contributed by atoms with Gasteiger partial charge in [-0.15, -0.1) is 0 Å². The monoisotopic (exact) mass is 305 g/mol. The van der Waals surface area contributed by atoms with Crippen LogP contribution in [0.2, 0.25) is 0 Å². The molecule has 0 spiro atoms. The standard InChI is InChI=1S/C16H20FN3O2/c1-3-14-12(10-20(2)19-14)9-18-16(22)8-15(21)11-5-4-6-13(17)7-11/h4-7,10,15,21H,3,8-9H2,1-2H3,(H,18,22). The van der Waals surface area contributed by atoms with Gasteiger partial charge in [-0.05, 0) is 24.1 Å². The molecule has 0 bridgehead atoms. The first-order valence-corrected chi connectivity index (χ1v) is 7.21. The highest BCUT2D eigenvalue weighted by molar-refractivity contribution is 5.76. The molecule has 0 saturated carbocycles. The van der Waals surface area contributed by atoms with Crippen molar-refractivity contribution in [2.45, 2.75) is 32.4 Å². The van der Waals surface area contributed by atoms with Crippen LogP contribution in [0.5, 0.6) is 0 Å². The summed E-state index contributed by atoms with van der Waals surface area (Å²) >= 11 is 0. The SMILES string of the molecule is CCc1nn(C)cc1CNC(=O)CC(O)c1cccc(F)c1. The fraction of sp³-hybridized carbons (Fsp3) is 0.375. The summed E-state index contributed by atoms with van der Waals surface area (Å²) in [4.78, 5) is 11.9. The molecule has 0 aliphatic rings. The lowest BCUT2D eigenvalue weighted by molar-refractivity contribution is -0.123. The van der Waals surface area contributed by atoms with Gasteiger partial charge in [0, 0.05) is 25.4 Å². The second kappa shape index (κ2) is 7.17. The molecule has 0 saturated heterocycles. The van der Waals surface area contributed by atoms with Crippen LogP contribution in [-0.2, 0) is 24.8 Å². The number of aliphatic hydroxyl groups excluding tert-OH is 1. The summed E-state index contributed by atoms with van der Waals surface area (Å²) in [6.07, 6.45) is 1.53. The molecule has 5 nitrogen and oxygen atoms in total. The third kappa shape index (κ3) is 4.14. The molecule has 1 aromatic carbocycles. The molecule has 0 aliphatic carbocycles. The number of aromatic nitrogens is 2. The van der Waals surface area contributed by atoms with Gasteiger partial charge in [-0.25, -0.2) is 4.39 Å². The van der Waals surface area contributed by atoms with Gasteiger partial charge in [0.1, 0.15) is 5.82 Å². The van der Waals surface area contributed by atoms with Gasteiger partial charge < -0.3 is 10.4 Å². The van der Waals surface area contributed by atoms with Crippen LogP contribution in [0.4, 0.5) is 4.39 Å². The molecule has 118 valence electrons. The minimum absolute atomic E-state index is 0.106. The molecule has 2 aromatic rings. The normalized spacial score (nSPS) is 12.2. The number of hydrogen-bond acceptors (Lipinski definition) is 3. The molecule has 1 atom stereocenters. The third-order valence-electron chi connectivity index (χ3n) is 3.41. The Balaban J connectivity index is 1.90. The van der Waals surface area contributed by atoms with E-state index >= 15 is 0 Å². The Morgan fingerprint density at radius 3 is 2.95 bits per heavy atom. The molecule has 2 rings (SSSR count). The quantitative estimate of drug-likeness (QED) is 0.856. The van der Waals surface area contributed by atoms with Crippen molar-refractivity contribution in [1.29, 1.82) is 0 Å². The number of rotatable bonds is 6. The largest absolute Gasteiger partial charge is 0.388 e. The Bertz CT molecular complexity index is 655.